The lowest BCUT2D eigenvalue weighted by Crippen LogP contribution is -2.42. The number of anilines is 1. The molecule has 6 atom stereocenters. The van der Waals surface area contributed by atoms with Crippen molar-refractivity contribution in [1.82, 2.24) is 24.8 Å². The Labute approximate surface area is 242 Å². The van der Waals surface area contributed by atoms with E-state index < -0.39 is 61.8 Å². The number of ether oxygens (including phenoxy) is 4. The van der Waals surface area contributed by atoms with Gasteiger partial charge in [0, 0.05) is 13.5 Å². The number of fused-ring (bicyclic) bond motifs is 2. The Morgan fingerprint density at radius 1 is 1.19 bits per heavy atom. The first-order chi connectivity index (χ1) is 19.6. The fraction of sp³-hybridized carbons (Fsp3) is 0.708. The molecule has 2 aliphatic rings. The van der Waals surface area contributed by atoms with Gasteiger partial charge in [0.05, 0.1) is 25.6 Å². The molecule has 2 fully saturated rings. The van der Waals surface area contributed by atoms with Crippen molar-refractivity contribution in [2.75, 3.05) is 26.1 Å². The molecule has 18 heteroatoms. The summed E-state index contributed by atoms with van der Waals surface area (Å²) in [5, 5.41) is 2.59. The van der Waals surface area contributed by atoms with Crippen LogP contribution in [-0.2, 0) is 41.9 Å². The maximum Gasteiger partial charge on any atom is 0.474 e. The van der Waals surface area contributed by atoms with Crippen molar-refractivity contribution in [3.8, 4) is 0 Å². The van der Waals surface area contributed by atoms with Crippen molar-refractivity contribution in [2.24, 2.45) is 5.73 Å². The number of carbonyl (C=O) groups is 2. The standard InChI is InChI=1S/C24H38N7O10P/c1-23(2,3)41-22(33)30-13(7-8-15(25)32)9-36-42(34,35-6)37-10-14-17-18(40-24(4,5)39-17)21(38-14)31-12-29-16-19(26)27-11-28-20(16)31/h11-14,17-18,21H,7-10H2,1-6H3,(H2,25,32)(H,30,33)(H2,26,27,28)/t13-,14+,17+,18+,21+,42?/m0/s1. The molecule has 0 radical (unpaired) electrons. The number of nitrogens with zero attached hydrogens (tertiary/aromatic N) is 4. The summed E-state index contributed by atoms with van der Waals surface area (Å²) in [6, 6.07) is -0.785. The quantitative estimate of drug-likeness (QED) is 0.290. The molecule has 2 aliphatic heterocycles. The van der Waals surface area contributed by atoms with Crippen molar-refractivity contribution >= 4 is 36.8 Å². The first kappa shape index (κ1) is 32.0. The van der Waals surface area contributed by atoms with Crippen molar-refractivity contribution in [3.05, 3.63) is 12.7 Å². The highest BCUT2D eigenvalue weighted by atomic mass is 31.2. The lowest BCUT2D eigenvalue weighted by atomic mass is 10.1. The average Bonchev–Trinajstić information content (AvgIpc) is 3.54. The summed E-state index contributed by atoms with van der Waals surface area (Å²) in [5.74, 6) is -1.31. The Hall–Kier alpha value is -2.92. The highest BCUT2D eigenvalue weighted by molar-refractivity contribution is 7.48. The minimum Gasteiger partial charge on any atom is -0.444 e. The Balaban J connectivity index is 1.44. The van der Waals surface area contributed by atoms with Crippen LogP contribution in [0, 0.1) is 0 Å². The molecule has 0 bridgehead atoms. The molecule has 5 N–H and O–H groups in total. The third-order valence-corrected chi connectivity index (χ3v) is 7.68. The number of nitrogen functional groups attached to an aromatic ring is 1. The van der Waals surface area contributed by atoms with Gasteiger partial charge in [-0.15, -0.1) is 0 Å². The monoisotopic (exact) mass is 615 g/mol. The summed E-state index contributed by atoms with van der Waals surface area (Å²) in [6.45, 7) is 8.04. The summed E-state index contributed by atoms with van der Waals surface area (Å²) in [7, 11) is -3.02. The molecule has 4 rings (SSSR count). The summed E-state index contributed by atoms with van der Waals surface area (Å²) in [4.78, 5) is 36.2. The van der Waals surface area contributed by atoms with E-state index in [0.29, 0.717) is 11.2 Å². The van der Waals surface area contributed by atoms with Gasteiger partial charge in [0.2, 0.25) is 5.91 Å². The number of rotatable bonds is 12. The SMILES string of the molecule is COP(=O)(OC[C@H](CCC(N)=O)NC(=O)OC(C)(C)C)OC[C@H]1O[C@@H](n2cnc3c(N)ncnc32)[C@@H]2OC(C)(C)O[C@@H]21. The molecule has 2 aromatic heterocycles. The average molecular weight is 616 g/mol. The minimum absolute atomic E-state index is 0.0606. The van der Waals surface area contributed by atoms with E-state index in [1.807, 2.05) is 0 Å². The second kappa shape index (κ2) is 12.4. The molecule has 17 nitrogen and oxygen atoms in total. The van der Waals surface area contributed by atoms with Crippen molar-refractivity contribution < 1.29 is 46.7 Å². The molecule has 4 heterocycles. The topological polar surface area (TPSA) is 223 Å². The zero-order valence-electron chi connectivity index (χ0n) is 24.3. The Morgan fingerprint density at radius 3 is 2.57 bits per heavy atom. The van der Waals surface area contributed by atoms with Crippen molar-refractivity contribution in [1.29, 1.82) is 0 Å². The van der Waals surface area contributed by atoms with E-state index in [0.717, 1.165) is 7.11 Å². The molecule has 0 aliphatic carbocycles. The number of nitrogens with one attached hydrogen (secondary N) is 1. The van der Waals surface area contributed by atoms with Gasteiger partial charge in [-0.05, 0) is 41.0 Å². The van der Waals surface area contributed by atoms with Crippen LogP contribution in [0.1, 0.15) is 53.7 Å². The van der Waals surface area contributed by atoms with Gasteiger partial charge in [-0.2, -0.15) is 0 Å². The molecule has 2 saturated heterocycles. The molecule has 2 amide bonds. The van der Waals surface area contributed by atoms with Crippen LogP contribution in [0.2, 0.25) is 0 Å². The third-order valence-electron chi connectivity index (χ3n) is 6.30. The second-order valence-electron chi connectivity index (χ2n) is 11.3. The van der Waals surface area contributed by atoms with E-state index >= 15 is 0 Å². The molecule has 42 heavy (non-hydrogen) atoms. The number of imidazole rings is 1. The number of primary amides is 1. The smallest absolute Gasteiger partial charge is 0.444 e. The van der Waals surface area contributed by atoms with Crippen molar-refractivity contribution in [3.63, 3.8) is 0 Å². The summed E-state index contributed by atoms with van der Waals surface area (Å²) in [5.41, 5.74) is 11.3. The van der Waals surface area contributed by atoms with Gasteiger partial charge in [0.1, 0.15) is 35.8 Å². The molecule has 1 unspecified atom stereocenters. The summed E-state index contributed by atoms with van der Waals surface area (Å²) in [6.07, 6.45) is -0.588. The molecule has 0 spiro atoms. The number of nitrogens with two attached hydrogens (primary N) is 2. The van der Waals surface area contributed by atoms with E-state index in [2.05, 4.69) is 20.3 Å². The van der Waals surface area contributed by atoms with Gasteiger partial charge in [-0.3, -0.25) is 22.9 Å². The molecule has 234 valence electrons. The number of hydrogen-bond acceptors (Lipinski definition) is 14. The molecule has 0 aromatic carbocycles. The van der Waals surface area contributed by atoms with Gasteiger partial charge >= 0.3 is 13.9 Å². The summed E-state index contributed by atoms with van der Waals surface area (Å²) < 4.78 is 54.9. The van der Waals surface area contributed by atoms with Gasteiger partial charge < -0.3 is 35.7 Å². The Kier molecular flexibility index (Phi) is 9.42. The van der Waals surface area contributed by atoms with Crippen LogP contribution >= 0.6 is 7.82 Å². The van der Waals surface area contributed by atoms with Gasteiger partial charge in [-0.1, -0.05) is 0 Å². The van der Waals surface area contributed by atoms with E-state index in [-0.39, 0.29) is 31.9 Å². The predicted octanol–water partition coefficient (Wildman–Crippen LogP) is 1.77. The highest BCUT2D eigenvalue weighted by Gasteiger charge is 2.56. The maximum absolute atomic E-state index is 13.4. The number of amides is 2. The molecule has 2 aromatic rings. The zero-order chi connectivity index (χ0) is 30.9. The van der Waals surface area contributed by atoms with Gasteiger partial charge in [0.15, 0.2) is 23.5 Å². The van der Waals surface area contributed by atoms with E-state index in [9.17, 15) is 14.2 Å². The van der Waals surface area contributed by atoms with E-state index in [4.69, 9.17) is 44.0 Å². The van der Waals surface area contributed by atoms with Gasteiger partial charge in [-0.25, -0.2) is 24.3 Å². The summed E-state index contributed by atoms with van der Waals surface area (Å²) >= 11 is 0. The van der Waals surface area contributed by atoms with Crippen LogP contribution in [-0.4, -0.2) is 87.6 Å². The lowest BCUT2D eigenvalue weighted by molar-refractivity contribution is -0.199. The van der Waals surface area contributed by atoms with E-state index in [1.165, 1.54) is 12.7 Å². The molecular weight excluding hydrogens is 577 g/mol. The molecular formula is C24H38N7O10P. The zero-order valence-corrected chi connectivity index (χ0v) is 25.2. The first-order valence-corrected chi connectivity index (χ1v) is 14.7. The first-order valence-electron chi connectivity index (χ1n) is 13.3. The number of carbonyl (C=O) groups excluding carboxylic acids is 2. The normalized spacial score (nSPS) is 25.6. The number of aromatic nitrogens is 4. The number of phosphoric acid groups is 1. The maximum atomic E-state index is 13.4. The van der Waals surface area contributed by atoms with Crippen LogP contribution in [0.3, 0.4) is 0 Å². The van der Waals surface area contributed by atoms with Crippen LogP contribution in [0.4, 0.5) is 10.6 Å². The number of phosphoric ester groups is 1. The molecule has 0 saturated carbocycles. The van der Waals surface area contributed by atoms with Crippen LogP contribution in [0.5, 0.6) is 0 Å². The van der Waals surface area contributed by atoms with Crippen LogP contribution in [0.25, 0.3) is 11.2 Å². The fourth-order valence-corrected chi connectivity index (χ4v) is 5.53. The second-order valence-corrected chi connectivity index (χ2v) is 13.1. The minimum atomic E-state index is -4.17. The highest BCUT2D eigenvalue weighted by Crippen LogP contribution is 2.51. The fourth-order valence-electron chi connectivity index (χ4n) is 4.55. The number of alkyl carbamates (subject to hydrolysis) is 1. The number of hydrogen-bond donors (Lipinski definition) is 3. The van der Waals surface area contributed by atoms with Crippen LogP contribution in [0.15, 0.2) is 12.7 Å². The Bertz CT molecular complexity index is 1330. The largest absolute Gasteiger partial charge is 0.474 e. The predicted molar refractivity (Wildman–Crippen MR) is 146 cm³/mol. The Morgan fingerprint density at radius 2 is 1.90 bits per heavy atom. The van der Waals surface area contributed by atoms with Crippen LogP contribution < -0.4 is 16.8 Å². The van der Waals surface area contributed by atoms with Crippen molar-refractivity contribution in [2.45, 2.75) is 89.4 Å². The van der Waals surface area contributed by atoms with Gasteiger partial charge in [0.25, 0.3) is 0 Å². The van der Waals surface area contributed by atoms with E-state index in [1.54, 1.807) is 39.2 Å². The lowest BCUT2D eigenvalue weighted by Gasteiger charge is -2.26. The third kappa shape index (κ3) is 7.72.